The molecule has 3 aliphatic rings. The molecule has 2 heterocycles. The van der Waals surface area contributed by atoms with E-state index < -0.39 is 11.5 Å². The van der Waals surface area contributed by atoms with Gasteiger partial charge in [-0.1, -0.05) is 17.7 Å². The highest BCUT2D eigenvalue weighted by atomic mass is 35.5. The van der Waals surface area contributed by atoms with Gasteiger partial charge in [0.05, 0.1) is 12.3 Å². The summed E-state index contributed by atoms with van der Waals surface area (Å²) in [6.07, 6.45) is 3.55. The second-order valence-electron chi connectivity index (χ2n) is 7.29. The number of ether oxygens (including phenoxy) is 1. The minimum atomic E-state index is -0.638. The van der Waals surface area contributed by atoms with Crippen LogP contribution in [0.4, 0.5) is 5.69 Å². The van der Waals surface area contributed by atoms with Gasteiger partial charge in [0.1, 0.15) is 12.1 Å². The molecule has 1 aliphatic carbocycles. The van der Waals surface area contributed by atoms with E-state index in [1.807, 2.05) is 6.07 Å². The van der Waals surface area contributed by atoms with Crippen molar-refractivity contribution in [3.8, 4) is 0 Å². The van der Waals surface area contributed by atoms with Gasteiger partial charge >= 0.3 is 5.97 Å². The molecule has 1 spiro atoms. The third-order valence-electron chi connectivity index (χ3n) is 5.72. The molecule has 138 valence electrons. The quantitative estimate of drug-likeness (QED) is 0.743. The van der Waals surface area contributed by atoms with Crippen molar-refractivity contribution in [3.05, 3.63) is 29.3 Å². The fraction of sp³-hybridized carbons (Fsp3) is 0.526. The number of nitrogens with zero attached hydrogens (tertiary/aromatic N) is 2. The largest absolute Gasteiger partial charge is 0.458 e. The van der Waals surface area contributed by atoms with Gasteiger partial charge < -0.3 is 14.5 Å². The highest BCUT2D eigenvalue weighted by molar-refractivity contribution is 6.30. The summed E-state index contributed by atoms with van der Waals surface area (Å²) in [6, 6.07) is 7.13. The summed E-state index contributed by atoms with van der Waals surface area (Å²) in [5, 5.41) is 0.568. The molecule has 6 nitrogen and oxygen atoms in total. The molecule has 7 heteroatoms. The molecule has 26 heavy (non-hydrogen) atoms. The number of carbonyl (C=O) groups is 3. The van der Waals surface area contributed by atoms with Gasteiger partial charge in [-0.25, -0.2) is 0 Å². The number of piperazine rings is 1. The Bertz CT molecular complexity index is 760. The molecular formula is C19H21ClN2O4. The molecule has 2 aliphatic heterocycles. The maximum absolute atomic E-state index is 13.1. The van der Waals surface area contributed by atoms with Crippen LogP contribution in [0.15, 0.2) is 24.3 Å². The minimum absolute atomic E-state index is 0.0200. The van der Waals surface area contributed by atoms with E-state index in [-0.39, 0.29) is 30.7 Å². The lowest BCUT2D eigenvalue weighted by atomic mass is 9.84. The summed E-state index contributed by atoms with van der Waals surface area (Å²) in [4.78, 5) is 40.7. The first kappa shape index (κ1) is 17.3. The number of rotatable bonds is 2. The third kappa shape index (κ3) is 2.96. The van der Waals surface area contributed by atoms with Crippen molar-refractivity contribution in [3.63, 3.8) is 0 Å². The summed E-state index contributed by atoms with van der Waals surface area (Å²) in [7, 11) is 0. The van der Waals surface area contributed by atoms with Gasteiger partial charge in [-0.3, -0.25) is 14.4 Å². The van der Waals surface area contributed by atoms with Crippen LogP contribution in [-0.4, -0.2) is 47.9 Å². The highest BCUT2D eigenvalue weighted by Gasteiger charge is 2.55. The van der Waals surface area contributed by atoms with E-state index in [1.54, 1.807) is 28.0 Å². The summed E-state index contributed by atoms with van der Waals surface area (Å²) < 4.78 is 5.57. The lowest BCUT2D eigenvalue weighted by molar-refractivity contribution is -0.152. The second-order valence-corrected chi connectivity index (χ2v) is 7.72. The Balaban J connectivity index is 1.47. The molecule has 0 unspecified atom stereocenters. The van der Waals surface area contributed by atoms with Crippen LogP contribution in [0.1, 0.15) is 32.1 Å². The predicted molar refractivity (Wildman–Crippen MR) is 95.8 cm³/mol. The van der Waals surface area contributed by atoms with E-state index in [0.717, 1.165) is 31.4 Å². The highest BCUT2D eigenvalue weighted by Crippen LogP contribution is 2.46. The summed E-state index contributed by atoms with van der Waals surface area (Å²) >= 11 is 6.01. The number of carbonyl (C=O) groups excluding carboxylic acids is 3. The van der Waals surface area contributed by atoms with E-state index >= 15 is 0 Å². The molecule has 1 atom stereocenters. The number of esters is 1. The molecule has 0 N–H and O–H groups in total. The van der Waals surface area contributed by atoms with Crippen LogP contribution < -0.4 is 4.90 Å². The Labute approximate surface area is 157 Å². The van der Waals surface area contributed by atoms with Crippen LogP contribution in [0.25, 0.3) is 0 Å². The van der Waals surface area contributed by atoms with Crippen LogP contribution >= 0.6 is 11.6 Å². The standard InChI is InChI=1S/C19H21ClN2O4/c20-13-4-3-5-14(10-13)22-9-8-21(12-16(22)23)18(25)15-11-17(24)26-19(15)6-1-2-7-19/h3-5,10,15H,1-2,6-9,11-12H2/t15-/m1/s1. The molecule has 0 radical (unpaired) electrons. The predicted octanol–water partition coefficient (Wildman–Crippen LogP) is 2.39. The molecule has 3 fully saturated rings. The Morgan fingerprint density at radius 3 is 2.65 bits per heavy atom. The second kappa shape index (κ2) is 6.58. The van der Waals surface area contributed by atoms with Crippen molar-refractivity contribution < 1.29 is 19.1 Å². The monoisotopic (exact) mass is 376 g/mol. The Morgan fingerprint density at radius 1 is 1.19 bits per heavy atom. The van der Waals surface area contributed by atoms with Crippen LogP contribution in [0.2, 0.25) is 5.02 Å². The molecule has 1 aromatic rings. The number of hydrogen-bond acceptors (Lipinski definition) is 4. The van der Waals surface area contributed by atoms with Gasteiger partial charge in [0, 0.05) is 23.8 Å². The van der Waals surface area contributed by atoms with Crippen molar-refractivity contribution in [2.45, 2.75) is 37.7 Å². The lowest BCUT2D eigenvalue weighted by Crippen LogP contribution is -2.55. The smallest absolute Gasteiger partial charge is 0.307 e. The molecule has 1 aromatic carbocycles. The fourth-order valence-electron chi connectivity index (χ4n) is 4.43. The van der Waals surface area contributed by atoms with Crippen LogP contribution in [0.3, 0.4) is 0 Å². The summed E-state index contributed by atoms with van der Waals surface area (Å²) in [5.41, 5.74) is 0.0997. The van der Waals surface area contributed by atoms with Crippen molar-refractivity contribution in [1.82, 2.24) is 4.90 Å². The van der Waals surface area contributed by atoms with Crippen LogP contribution in [0.5, 0.6) is 0 Å². The normalized spacial score (nSPS) is 25.0. The molecule has 0 aromatic heterocycles. The number of halogens is 1. The maximum Gasteiger partial charge on any atom is 0.307 e. The van der Waals surface area contributed by atoms with Gasteiger partial charge in [-0.05, 0) is 43.9 Å². The number of benzene rings is 1. The van der Waals surface area contributed by atoms with Gasteiger partial charge in [0.15, 0.2) is 0 Å². The molecule has 0 bridgehead atoms. The van der Waals surface area contributed by atoms with E-state index in [2.05, 4.69) is 0 Å². The molecule has 2 saturated heterocycles. The van der Waals surface area contributed by atoms with E-state index in [9.17, 15) is 14.4 Å². The number of hydrogen-bond donors (Lipinski definition) is 0. The minimum Gasteiger partial charge on any atom is -0.458 e. The zero-order valence-electron chi connectivity index (χ0n) is 14.4. The average molecular weight is 377 g/mol. The average Bonchev–Trinajstić information content (AvgIpc) is 3.21. The number of anilines is 1. The SMILES string of the molecule is O=C1C[C@H](C(=O)N2CCN(c3cccc(Cl)c3)C(=O)C2)C2(CCCC2)O1. The topological polar surface area (TPSA) is 66.9 Å². The van der Waals surface area contributed by atoms with Gasteiger partial charge in [0.2, 0.25) is 11.8 Å². The van der Waals surface area contributed by atoms with Gasteiger partial charge in [-0.2, -0.15) is 0 Å². The van der Waals surface area contributed by atoms with Crippen LogP contribution in [0, 0.1) is 5.92 Å². The zero-order valence-corrected chi connectivity index (χ0v) is 15.2. The van der Waals surface area contributed by atoms with E-state index in [4.69, 9.17) is 16.3 Å². The van der Waals surface area contributed by atoms with Gasteiger partial charge in [0.25, 0.3) is 0 Å². The summed E-state index contributed by atoms with van der Waals surface area (Å²) in [5.74, 6) is -1.02. The van der Waals surface area contributed by atoms with Crippen LogP contribution in [-0.2, 0) is 19.1 Å². The lowest BCUT2D eigenvalue weighted by Gasteiger charge is -2.37. The third-order valence-corrected chi connectivity index (χ3v) is 5.96. The number of amides is 2. The molecule has 2 amide bonds. The molecule has 1 saturated carbocycles. The molecular weight excluding hydrogens is 356 g/mol. The van der Waals surface area contributed by atoms with Crippen molar-refractivity contribution >= 4 is 35.1 Å². The van der Waals surface area contributed by atoms with Crippen molar-refractivity contribution in [2.24, 2.45) is 5.92 Å². The van der Waals surface area contributed by atoms with E-state index in [1.165, 1.54) is 0 Å². The first-order chi connectivity index (χ1) is 12.5. The van der Waals surface area contributed by atoms with E-state index in [0.29, 0.717) is 18.1 Å². The molecule has 4 rings (SSSR count). The first-order valence-corrected chi connectivity index (χ1v) is 9.43. The van der Waals surface area contributed by atoms with Crippen molar-refractivity contribution in [2.75, 3.05) is 24.5 Å². The Kier molecular flexibility index (Phi) is 4.39. The maximum atomic E-state index is 13.1. The Hall–Kier alpha value is -2.08. The first-order valence-electron chi connectivity index (χ1n) is 9.05. The zero-order chi connectivity index (χ0) is 18.3. The summed E-state index contributed by atoms with van der Waals surface area (Å²) in [6.45, 7) is 0.878. The van der Waals surface area contributed by atoms with Crippen molar-refractivity contribution in [1.29, 1.82) is 0 Å². The fourth-order valence-corrected chi connectivity index (χ4v) is 4.61. The van der Waals surface area contributed by atoms with Gasteiger partial charge in [-0.15, -0.1) is 0 Å². The Morgan fingerprint density at radius 2 is 1.96 bits per heavy atom.